The lowest BCUT2D eigenvalue weighted by atomic mass is 9.96. The van der Waals surface area contributed by atoms with E-state index >= 15 is 0 Å². The molecule has 1 amide bonds. The molecule has 0 radical (unpaired) electrons. The molecule has 0 saturated carbocycles. The number of likely N-dealkylation sites (tertiary alicyclic amines) is 2. The van der Waals surface area contributed by atoms with Gasteiger partial charge in [0.25, 0.3) is 0 Å². The Bertz CT molecular complexity index is 703. The number of aromatic amines is 1. The van der Waals surface area contributed by atoms with Crippen molar-refractivity contribution in [2.24, 2.45) is 0 Å². The van der Waals surface area contributed by atoms with Gasteiger partial charge in [-0.1, -0.05) is 12.1 Å². The molecule has 1 unspecified atom stereocenters. The van der Waals surface area contributed by atoms with E-state index in [0.717, 1.165) is 55.8 Å². The highest BCUT2D eigenvalue weighted by Crippen LogP contribution is 2.27. The van der Waals surface area contributed by atoms with Crippen molar-refractivity contribution >= 4 is 16.9 Å². The van der Waals surface area contributed by atoms with Gasteiger partial charge in [-0.3, -0.25) is 4.79 Å². The van der Waals surface area contributed by atoms with Gasteiger partial charge in [0.1, 0.15) is 5.82 Å². The predicted molar refractivity (Wildman–Crippen MR) is 96.3 cm³/mol. The Kier molecular flexibility index (Phi) is 4.72. The summed E-state index contributed by atoms with van der Waals surface area (Å²) in [6.45, 7) is 3.85. The molecule has 25 heavy (non-hydrogen) atoms. The first kappa shape index (κ1) is 16.5. The smallest absolute Gasteiger partial charge is 0.222 e. The van der Waals surface area contributed by atoms with Gasteiger partial charge in [-0.05, 0) is 44.5 Å². The minimum Gasteiger partial charge on any atom is -0.390 e. The van der Waals surface area contributed by atoms with E-state index in [2.05, 4.69) is 16.0 Å². The number of carbonyl (C=O) groups excluding carboxylic acids is 1. The monoisotopic (exact) mass is 342 g/mol. The molecule has 2 N–H and O–H groups in total. The maximum Gasteiger partial charge on any atom is 0.222 e. The van der Waals surface area contributed by atoms with Crippen LogP contribution in [0, 0.1) is 0 Å². The number of rotatable bonds is 5. The van der Waals surface area contributed by atoms with Crippen LogP contribution in [0.1, 0.15) is 37.4 Å². The molecule has 1 aromatic heterocycles. The molecule has 134 valence electrons. The summed E-state index contributed by atoms with van der Waals surface area (Å²) >= 11 is 0. The topological polar surface area (TPSA) is 72.5 Å². The number of aliphatic hydroxyl groups excluding tert-OH is 1. The van der Waals surface area contributed by atoms with Crippen molar-refractivity contribution in [3.8, 4) is 0 Å². The standard InChI is InChI=1S/C19H26N4O2/c24-15(13-23-9-3-6-18(23)25)12-22-10-7-14(8-11-22)19-20-16-4-1-2-5-17(16)21-19/h1-2,4-5,14-15,24H,3,6-13H2,(H,20,21). The molecule has 2 aliphatic heterocycles. The highest BCUT2D eigenvalue weighted by molar-refractivity contribution is 5.78. The number of piperidine rings is 1. The number of fused-ring (bicyclic) bond motifs is 1. The van der Waals surface area contributed by atoms with E-state index in [1.165, 1.54) is 0 Å². The number of para-hydroxylation sites is 2. The molecule has 1 aromatic carbocycles. The van der Waals surface area contributed by atoms with Gasteiger partial charge in [0, 0.05) is 32.0 Å². The molecular formula is C19H26N4O2. The van der Waals surface area contributed by atoms with Crippen LogP contribution in [0.15, 0.2) is 24.3 Å². The van der Waals surface area contributed by atoms with E-state index < -0.39 is 6.10 Å². The minimum absolute atomic E-state index is 0.183. The third kappa shape index (κ3) is 3.70. The molecule has 3 heterocycles. The molecule has 0 spiro atoms. The second kappa shape index (κ2) is 7.14. The zero-order chi connectivity index (χ0) is 17.2. The maximum absolute atomic E-state index is 11.7. The molecule has 2 saturated heterocycles. The number of aliphatic hydroxyl groups is 1. The van der Waals surface area contributed by atoms with E-state index in [9.17, 15) is 9.90 Å². The Hall–Kier alpha value is -1.92. The number of benzene rings is 1. The highest BCUT2D eigenvalue weighted by Gasteiger charge is 2.26. The van der Waals surface area contributed by atoms with E-state index in [-0.39, 0.29) is 5.91 Å². The Morgan fingerprint density at radius 3 is 2.72 bits per heavy atom. The van der Waals surface area contributed by atoms with E-state index in [1.807, 2.05) is 18.2 Å². The van der Waals surface area contributed by atoms with Crippen molar-refractivity contribution in [1.29, 1.82) is 0 Å². The first-order valence-corrected chi connectivity index (χ1v) is 9.32. The Labute approximate surface area is 147 Å². The number of H-pyrrole nitrogens is 1. The third-order valence-electron chi connectivity index (χ3n) is 5.45. The van der Waals surface area contributed by atoms with Crippen LogP contribution >= 0.6 is 0 Å². The molecule has 2 aromatic rings. The van der Waals surface area contributed by atoms with E-state index in [4.69, 9.17) is 4.98 Å². The Balaban J connectivity index is 1.28. The summed E-state index contributed by atoms with van der Waals surface area (Å²) < 4.78 is 0. The molecular weight excluding hydrogens is 316 g/mol. The summed E-state index contributed by atoms with van der Waals surface area (Å²) in [6.07, 6.45) is 3.21. The summed E-state index contributed by atoms with van der Waals surface area (Å²) in [5.41, 5.74) is 2.14. The number of nitrogens with zero attached hydrogens (tertiary/aromatic N) is 3. The number of β-amino-alcohol motifs (C(OH)–C–C–N with tert-alkyl or cyclic N) is 1. The van der Waals surface area contributed by atoms with Crippen LogP contribution in [-0.2, 0) is 4.79 Å². The van der Waals surface area contributed by atoms with Crippen LogP contribution in [0.4, 0.5) is 0 Å². The van der Waals surface area contributed by atoms with Gasteiger partial charge < -0.3 is 19.9 Å². The molecule has 6 nitrogen and oxygen atoms in total. The van der Waals surface area contributed by atoms with Gasteiger partial charge in [-0.2, -0.15) is 0 Å². The molecule has 6 heteroatoms. The van der Waals surface area contributed by atoms with Crippen molar-refractivity contribution < 1.29 is 9.90 Å². The Morgan fingerprint density at radius 2 is 2.00 bits per heavy atom. The van der Waals surface area contributed by atoms with Crippen molar-refractivity contribution in [3.63, 3.8) is 0 Å². The summed E-state index contributed by atoms with van der Waals surface area (Å²) in [7, 11) is 0. The fourth-order valence-corrected chi connectivity index (χ4v) is 4.06. The largest absolute Gasteiger partial charge is 0.390 e. The second-order valence-electron chi connectivity index (χ2n) is 7.31. The van der Waals surface area contributed by atoms with Crippen molar-refractivity contribution in [2.45, 2.75) is 37.7 Å². The lowest BCUT2D eigenvalue weighted by Crippen LogP contribution is -2.43. The maximum atomic E-state index is 11.7. The number of hydrogen-bond donors (Lipinski definition) is 2. The van der Waals surface area contributed by atoms with Gasteiger partial charge in [0.15, 0.2) is 0 Å². The van der Waals surface area contributed by atoms with Crippen LogP contribution in [0.5, 0.6) is 0 Å². The number of imidazole rings is 1. The fourth-order valence-electron chi connectivity index (χ4n) is 4.06. The molecule has 1 atom stereocenters. The Morgan fingerprint density at radius 1 is 1.20 bits per heavy atom. The normalized spacial score (nSPS) is 21.3. The summed E-state index contributed by atoms with van der Waals surface area (Å²) in [6, 6.07) is 8.15. The van der Waals surface area contributed by atoms with Crippen molar-refractivity contribution in [3.05, 3.63) is 30.1 Å². The quantitative estimate of drug-likeness (QED) is 0.868. The molecule has 4 rings (SSSR count). The minimum atomic E-state index is -0.454. The average Bonchev–Trinajstić information content (AvgIpc) is 3.22. The van der Waals surface area contributed by atoms with Gasteiger partial charge in [0.2, 0.25) is 5.91 Å². The van der Waals surface area contributed by atoms with Crippen LogP contribution in [0.25, 0.3) is 11.0 Å². The van der Waals surface area contributed by atoms with E-state index in [1.54, 1.807) is 4.90 Å². The number of aromatic nitrogens is 2. The van der Waals surface area contributed by atoms with Gasteiger partial charge >= 0.3 is 0 Å². The summed E-state index contributed by atoms with van der Waals surface area (Å²) in [5.74, 6) is 1.73. The fraction of sp³-hybridized carbons (Fsp3) is 0.579. The lowest BCUT2D eigenvalue weighted by Gasteiger charge is -2.33. The zero-order valence-corrected chi connectivity index (χ0v) is 14.5. The predicted octanol–water partition coefficient (Wildman–Crippen LogP) is 1.73. The van der Waals surface area contributed by atoms with Crippen LogP contribution in [0.3, 0.4) is 0 Å². The van der Waals surface area contributed by atoms with E-state index in [0.29, 0.717) is 25.4 Å². The van der Waals surface area contributed by atoms with Gasteiger partial charge in [0.05, 0.1) is 17.1 Å². The van der Waals surface area contributed by atoms with Crippen LogP contribution < -0.4 is 0 Å². The molecule has 0 aliphatic carbocycles. The molecule has 2 aliphatic rings. The lowest BCUT2D eigenvalue weighted by molar-refractivity contribution is -0.129. The van der Waals surface area contributed by atoms with Crippen molar-refractivity contribution in [2.75, 3.05) is 32.7 Å². The number of carbonyl (C=O) groups is 1. The van der Waals surface area contributed by atoms with Crippen molar-refractivity contribution in [1.82, 2.24) is 19.8 Å². The zero-order valence-electron chi connectivity index (χ0n) is 14.5. The second-order valence-corrected chi connectivity index (χ2v) is 7.31. The average molecular weight is 342 g/mol. The first-order valence-electron chi connectivity index (χ1n) is 9.32. The van der Waals surface area contributed by atoms with Crippen LogP contribution in [-0.4, -0.2) is 69.6 Å². The highest BCUT2D eigenvalue weighted by atomic mass is 16.3. The van der Waals surface area contributed by atoms with Gasteiger partial charge in [-0.25, -0.2) is 4.98 Å². The summed E-state index contributed by atoms with van der Waals surface area (Å²) in [4.78, 5) is 24.0. The van der Waals surface area contributed by atoms with Crippen LogP contribution in [0.2, 0.25) is 0 Å². The SMILES string of the molecule is O=C1CCCN1CC(O)CN1CCC(c2nc3ccccc3[nH]2)CC1. The van der Waals surface area contributed by atoms with Gasteiger partial charge in [-0.15, -0.1) is 0 Å². The molecule has 2 fully saturated rings. The number of amides is 1. The summed E-state index contributed by atoms with van der Waals surface area (Å²) in [5, 5.41) is 10.3. The first-order chi connectivity index (χ1) is 12.2. The third-order valence-corrected chi connectivity index (χ3v) is 5.45. The molecule has 0 bridgehead atoms. The number of nitrogens with one attached hydrogen (secondary N) is 1. The number of hydrogen-bond acceptors (Lipinski definition) is 4.